The highest BCUT2D eigenvalue weighted by molar-refractivity contribution is 9.10. The molecule has 42 heavy (non-hydrogen) atoms. The van der Waals surface area contributed by atoms with Crippen LogP contribution in [0.3, 0.4) is 0 Å². The third kappa shape index (κ3) is 4.07. The summed E-state index contributed by atoms with van der Waals surface area (Å²) in [6.45, 7) is 0. The molecule has 0 aliphatic carbocycles. The summed E-state index contributed by atoms with van der Waals surface area (Å²) < 4.78 is 3.47. The second-order valence-corrected chi connectivity index (χ2v) is 11.5. The first-order valence-electron chi connectivity index (χ1n) is 14.2. The van der Waals surface area contributed by atoms with Gasteiger partial charge in [0.05, 0.1) is 11.0 Å². The fourth-order valence-corrected chi connectivity index (χ4v) is 6.83. The molecule has 7 aromatic carbocycles. The maximum atomic E-state index is 3.82. The minimum Gasteiger partial charge on any atom is -0.309 e. The van der Waals surface area contributed by atoms with E-state index in [9.17, 15) is 0 Å². The van der Waals surface area contributed by atoms with Gasteiger partial charge < -0.3 is 4.57 Å². The Morgan fingerprint density at radius 1 is 0.381 bits per heavy atom. The van der Waals surface area contributed by atoms with Crippen molar-refractivity contribution in [2.24, 2.45) is 0 Å². The highest BCUT2D eigenvalue weighted by Crippen LogP contribution is 2.42. The molecule has 198 valence electrons. The number of rotatable bonds is 4. The SMILES string of the molecule is Brc1ccccc1-c1ccc(-c2ccc3c4ccccc4n(-c4ccccc4)c3c2)cc1-c1cccc2ccccc12. The Labute approximate surface area is 253 Å². The van der Waals surface area contributed by atoms with Crippen molar-refractivity contribution in [1.29, 1.82) is 0 Å². The highest BCUT2D eigenvalue weighted by atomic mass is 79.9. The van der Waals surface area contributed by atoms with Crippen molar-refractivity contribution in [2.75, 3.05) is 0 Å². The lowest BCUT2D eigenvalue weighted by molar-refractivity contribution is 1.18. The molecule has 0 aliphatic heterocycles. The van der Waals surface area contributed by atoms with Crippen LogP contribution in [0.25, 0.3) is 71.6 Å². The van der Waals surface area contributed by atoms with E-state index >= 15 is 0 Å². The number of hydrogen-bond acceptors (Lipinski definition) is 0. The van der Waals surface area contributed by atoms with E-state index < -0.39 is 0 Å². The van der Waals surface area contributed by atoms with Gasteiger partial charge in [-0.25, -0.2) is 0 Å². The van der Waals surface area contributed by atoms with Crippen molar-refractivity contribution in [1.82, 2.24) is 4.57 Å². The van der Waals surface area contributed by atoms with Crippen LogP contribution in [0.2, 0.25) is 0 Å². The summed E-state index contributed by atoms with van der Waals surface area (Å²) in [5.41, 5.74) is 10.8. The molecule has 0 radical (unpaired) electrons. The fraction of sp³-hybridized carbons (Fsp3) is 0. The average molecular weight is 601 g/mol. The van der Waals surface area contributed by atoms with Gasteiger partial charge in [-0.15, -0.1) is 0 Å². The summed E-state index contributed by atoms with van der Waals surface area (Å²) in [7, 11) is 0. The Kier molecular flexibility index (Phi) is 6.01. The van der Waals surface area contributed by atoms with E-state index in [0.29, 0.717) is 0 Å². The number of halogens is 1. The third-order valence-corrected chi connectivity index (χ3v) is 8.98. The smallest absolute Gasteiger partial charge is 0.0547 e. The van der Waals surface area contributed by atoms with Gasteiger partial charge in [0.15, 0.2) is 0 Å². The van der Waals surface area contributed by atoms with Crippen LogP contribution in [-0.2, 0) is 0 Å². The molecule has 1 heterocycles. The second kappa shape index (κ2) is 10.2. The van der Waals surface area contributed by atoms with E-state index in [1.807, 2.05) is 0 Å². The Morgan fingerprint density at radius 3 is 1.90 bits per heavy atom. The summed E-state index contributed by atoms with van der Waals surface area (Å²) >= 11 is 3.82. The van der Waals surface area contributed by atoms with Gasteiger partial charge in [0.1, 0.15) is 0 Å². The molecule has 8 rings (SSSR count). The van der Waals surface area contributed by atoms with Gasteiger partial charge >= 0.3 is 0 Å². The number of fused-ring (bicyclic) bond motifs is 4. The van der Waals surface area contributed by atoms with E-state index in [4.69, 9.17) is 0 Å². The Balaban J connectivity index is 1.39. The van der Waals surface area contributed by atoms with Crippen LogP contribution in [0.1, 0.15) is 0 Å². The number of aromatic nitrogens is 1. The normalized spacial score (nSPS) is 11.5. The predicted octanol–water partition coefficient (Wildman–Crippen LogP) is 11.7. The number of para-hydroxylation sites is 2. The minimum atomic E-state index is 1.09. The maximum Gasteiger partial charge on any atom is 0.0547 e. The van der Waals surface area contributed by atoms with Crippen molar-refractivity contribution < 1.29 is 0 Å². The standard InChI is InChI=1S/C40H26BrN/c41-38-19-8-6-16-34(38)33-23-21-28(25-37(33)32-18-10-12-27-11-4-5-15-31(27)32)29-22-24-36-35-17-7-9-20-39(35)42(40(36)26-29)30-13-2-1-3-14-30/h1-26H. The summed E-state index contributed by atoms with van der Waals surface area (Å²) in [5, 5.41) is 5.03. The first kappa shape index (κ1) is 24.8. The molecular formula is C40H26BrN. The van der Waals surface area contributed by atoms with Gasteiger partial charge in [-0.3, -0.25) is 0 Å². The molecule has 0 atom stereocenters. The van der Waals surface area contributed by atoms with Gasteiger partial charge in [-0.1, -0.05) is 137 Å². The van der Waals surface area contributed by atoms with E-state index in [1.165, 1.54) is 71.6 Å². The highest BCUT2D eigenvalue weighted by Gasteiger charge is 2.16. The number of benzene rings is 7. The van der Waals surface area contributed by atoms with Crippen LogP contribution in [0.5, 0.6) is 0 Å². The third-order valence-electron chi connectivity index (χ3n) is 8.28. The second-order valence-electron chi connectivity index (χ2n) is 10.7. The van der Waals surface area contributed by atoms with E-state index in [0.717, 1.165) is 4.47 Å². The van der Waals surface area contributed by atoms with E-state index in [-0.39, 0.29) is 0 Å². The van der Waals surface area contributed by atoms with Crippen LogP contribution in [-0.4, -0.2) is 4.57 Å². The van der Waals surface area contributed by atoms with Crippen molar-refractivity contribution in [3.63, 3.8) is 0 Å². The molecule has 1 aromatic heterocycles. The van der Waals surface area contributed by atoms with E-state index in [1.54, 1.807) is 0 Å². The molecule has 1 nitrogen and oxygen atoms in total. The van der Waals surface area contributed by atoms with Gasteiger partial charge in [-0.2, -0.15) is 0 Å². The topological polar surface area (TPSA) is 4.93 Å². The molecule has 2 heteroatoms. The van der Waals surface area contributed by atoms with Gasteiger partial charge in [-0.05, 0) is 80.6 Å². The molecule has 0 saturated carbocycles. The average Bonchev–Trinajstić information content (AvgIpc) is 3.38. The summed E-state index contributed by atoms with van der Waals surface area (Å²) in [6, 6.07) is 56.9. The maximum absolute atomic E-state index is 3.82. The van der Waals surface area contributed by atoms with Gasteiger partial charge in [0.25, 0.3) is 0 Å². The van der Waals surface area contributed by atoms with Gasteiger partial charge in [0.2, 0.25) is 0 Å². The molecule has 0 N–H and O–H groups in total. The van der Waals surface area contributed by atoms with Crippen molar-refractivity contribution in [3.8, 4) is 39.1 Å². The number of hydrogen-bond donors (Lipinski definition) is 0. The van der Waals surface area contributed by atoms with Crippen molar-refractivity contribution >= 4 is 48.5 Å². The minimum absolute atomic E-state index is 1.09. The summed E-state index contributed by atoms with van der Waals surface area (Å²) in [4.78, 5) is 0. The summed E-state index contributed by atoms with van der Waals surface area (Å²) in [5.74, 6) is 0. The molecule has 0 saturated heterocycles. The molecule has 0 spiro atoms. The van der Waals surface area contributed by atoms with Crippen molar-refractivity contribution in [3.05, 3.63) is 162 Å². The molecule has 0 aliphatic rings. The first-order valence-corrected chi connectivity index (χ1v) is 15.0. The molecule has 8 aromatic rings. The van der Waals surface area contributed by atoms with Crippen molar-refractivity contribution in [2.45, 2.75) is 0 Å². The zero-order valence-electron chi connectivity index (χ0n) is 22.8. The van der Waals surface area contributed by atoms with Crippen LogP contribution >= 0.6 is 15.9 Å². The van der Waals surface area contributed by atoms with E-state index in [2.05, 4.69) is 178 Å². The Bertz CT molecular complexity index is 2250. The lowest BCUT2D eigenvalue weighted by Gasteiger charge is -2.16. The predicted molar refractivity (Wildman–Crippen MR) is 182 cm³/mol. The Morgan fingerprint density at radius 2 is 1.02 bits per heavy atom. The monoisotopic (exact) mass is 599 g/mol. The molecule has 0 unspecified atom stereocenters. The van der Waals surface area contributed by atoms with Crippen LogP contribution in [0, 0.1) is 0 Å². The zero-order valence-corrected chi connectivity index (χ0v) is 24.4. The van der Waals surface area contributed by atoms with Gasteiger partial charge in [0, 0.05) is 20.9 Å². The quantitative estimate of drug-likeness (QED) is 0.189. The Hall–Kier alpha value is -4.92. The van der Waals surface area contributed by atoms with Crippen LogP contribution in [0.4, 0.5) is 0 Å². The lowest BCUT2D eigenvalue weighted by Crippen LogP contribution is -1.93. The van der Waals surface area contributed by atoms with Crippen LogP contribution in [0.15, 0.2) is 162 Å². The number of nitrogens with zero attached hydrogens (tertiary/aromatic N) is 1. The fourth-order valence-electron chi connectivity index (χ4n) is 6.33. The lowest BCUT2D eigenvalue weighted by atomic mass is 9.88. The molecular weight excluding hydrogens is 574 g/mol. The first-order chi connectivity index (χ1) is 20.8. The molecule has 0 fully saturated rings. The van der Waals surface area contributed by atoms with Crippen LogP contribution < -0.4 is 0 Å². The molecule has 0 amide bonds. The largest absolute Gasteiger partial charge is 0.309 e. The summed E-state index contributed by atoms with van der Waals surface area (Å²) in [6.07, 6.45) is 0. The zero-order chi connectivity index (χ0) is 28.0. The molecule has 0 bridgehead atoms.